The Bertz CT molecular complexity index is 352. The molecule has 1 aliphatic heterocycles. The van der Waals surface area contributed by atoms with Crippen molar-refractivity contribution in [2.45, 2.75) is 64.5 Å². The van der Waals surface area contributed by atoms with E-state index in [-0.39, 0.29) is 5.97 Å². The predicted octanol–water partition coefficient (Wildman–Crippen LogP) is 2.18. The maximum Gasteiger partial charge on any atom is 0.325 e. The SMILES string of the molecule is COC(=O)C(C)(CCN1CCCC(C)(C)C1)NC1CC1. The van der Waals surface area contributed by atoms with Crippen molar-refractivity contribution in [2.24, 2.45) is 5.41 Å². The molecule has 0 aromatic heterocycles. The third kappa shape index (κ3) is 4.19. The minimum absolute atomic E-state index is 0.124. The van der Waals surface area contributed by atoms with E-state index in [4.69, 9.17) is 4.74 Å². The van der Waals surface area contributed by atoms with Crippen molar-refractivity contribution in [3.05, 3.63) is 0 Å². The summed E-state index contributed by atoms with van der Waals surface area (Å²) in [6, 6.07) is 0.511. The van der Waals surface area contributed by atoms with E-state index in [0.29, 0.717) is 11.5 Å². The Kier molecular flexibility index (Phi) is 4.75. The summed E-state index contributed by atoms with van der Waals surface area (Å²) in [4.78, 5) is 14.6. The van der Waals surface area contributed by atoms with E-state index in [1.54, 1.807) is 0 Å². The van der Waals surface area contributed by atoms with Crippen LogP contribution in [-0.4, -0.2) is 49.2 Å². The topological polar surface area (TPSA) is 41.6 Å². The summed E-state index contributed by atoms with van der Waals surface area (Å²) in [6.07, 6.45) is 5.76. The smallest absolute Gasteiger partial charge is 0.325 e. The van der Waals surface area contributed by atoms with Crippen LogP contribution in [-0.2, 0) is 9.53 Å². The quantitative estimate of drug-likeness (QED) is 0.758. The van der Waals surface area contributed by atoms with Gasteiger partial charge < -0.3 is 9.64 Å². The lowest BCUT2D eigenvalue weighted by molar-refractivity contribution is -0.148. The minimum atomic E-state index is -0.530. The van der Waals surface area contributed by atoms with Gasteiger partial charge in [0.2, 0.25) is 0 Å². The van der Waals surface area contributed by atoms with Crippen molar-refractivity contribution in [2.75, 3.05) is 26.7 Å². The van der Waals surface area contributed by atoms with Crippen LogP contribution in [0.4, 0.5) is 0 Å². The molecule has 2 aliphatic rings. The maximum absolute atomic E-state index is 12.1. The van der Waals surface area contributed by atoms with Gasteiger partial charge in [-0.15, -0.1) is 0 Å². The molecule has 2 fully saturated rings. The molecule has 1 atom stereocenters. The minimum Gasteiger partial charge on any atom is -0.468 e. The van der Waals surface area contributed by atoms with E-state index in [0.717, 1.165) is 26.1 Å². The molecule has 116 valence electrons. The molecule has 0 bridgehead atoms. The van der Waals surface area contributed by atoms with Crippen LogP contribution in [0.1, 0.15) is 52.9 Å². The second kappa shape index (κ2) is 6.02. The zero-order valence-corrected chi connectivity index (χ0v) is 13.5. The number of methoxy groups -OCH3 is 1. The zero-order chi connectivity index (χ0) is 14.8. The molecule has 0 aromatic carbocycles. The van der Waals surface area contributed by atoms with Crippen LogP contribution in [0.15, 0.2) is 0 Å². The summed E-state index contributed by atoms with van der Waals surface area (Å²) in [5.74, 6) is -0.124. The monoisotopic (exact) mass is 282 g/mol. The lowest BCUT2D eigenvalue weighted by Crippen LogP contribution is -2.53. The Morgan fingerprint density at radius 3 is 2.70 bits per heavy atom. The van der Waals surface area contributed by atoms with Crippen LogP contribution in [0, 0.1) is 5.41 Å². The first-order valence-electron chi connectivity index (χ1n) is 7.93. The number of hydrogen-bond donors (Lipinski definition) is 1. The molecule has 4 nitrogen and oxygen atoms in total. The van der Waals surface area contributed by atoms with Crippen LogP contribution in [0.3, 0.4) is 0 Å². The van der Waals surface area contributed by atoms with E-state index in [9.17, 15) is 4.79 Å². The van der Waals surface area contributed by atoms with Crippen molar-refractivity contribution >= 4 is 5.97 Å². The van der Waals surface area contributed by atoms with E-state index in [1.165, 1.54) is 32.8 Å². The van der Waals surface area contributed by atoms with Crippen molar-refractivity contribution in [1.82, 2.24) is 10.2 Å². The van der Waals surface area contributed by atoms with Gasteiger partial charge in [0.15, 0.2) is 0 Å². The van der Waals surface area contributed by atoms with Gasteiger partial charge in [0.25, 0.3) is 0 Å². The number of carbonyl (C=O) groups is 1. The number of nitrogens with one attached hydrogen (secondary N) is 1. The molecular weight excluding hydrogens is 252 g/mol. The molecule has 1 aliphatic carbocycles. The van der Waals surface area contributed by atoms with Crippen molar-refractivity contribution in [3.63, 3.8) is 0 Å². The summed E-state index contributed by atoms with van der Waals surface area (Å²) in [6.45, 7) is 9.92. The summed E-state index contributed by atoms with van der Waals surface area (Å²) >= 11 is 0. The highest BCUT2D eigenvalue weighted by atomic mass is 16.5. The lowest BCUT2D eigenvalue weighted by atomic mass is 9.84. The number of esters is 1. The number of rotatable bonds is 6. The Labute approximate surface area is 123 Å². The lowest BCUT2D eigenvalue weighted by Gasteiger charge is -2.39. The molecule has 2 rings (SSSR count). The second-order valence-corrected chi connectivity index (χ2v) is 7.54. The standard InChI is InChI=1S/C16H30N2O2/c1-15(2)8-5-10-18(12-15)11-9-16(3,14(19)20-4)17-13-6-7-13/h13,17H,5-12H2,1-4H3. The van der Waals surface area contributed by atoms with Gasteiger partial charge in [0.1, 0.15) is 5.54 Å². The van der Waals surface area contributed by atoms with Gasteiger partial charge in [0, 0.05) is 19.1 Å². The molecule has 0 spiro atoms. The number of ether oxygens (including phenoxy) is 1. The number of likely N-dealkylation sites (tertiary alicyclic amines) is 1. The molecule has 1 saturated carbocycles. The van der Waals surface area contributed by atoms with Gasteiger partial charge in [-0.1, -0.05) is 13.8 Å². The number of nitrogens with zero attached hydrogens (tertiary/aromatic N) is 1. The molecule has 4 heteroatoms. The summed E-state index contributed by atoms with van der Waals surface area (Å²) in [5.41, 5.74) is -0.124. The average molecular weight is 282 g/mol. The number of hydrogen-bond acceptors (Lipinski definition) is 4. The first-order valence-corrected chi connectivity index (χ1v) is 7.93. The number of piperidine rings is 1. The number of carbonyl (C=O) groups excluding carboxylic acids is 1. The predicted molar refractivity (Wildman–Crippen MR) is 80.7 cm³/mol. The van der Waals surface area contributed by atoms with Crippen molar-refractivity contribution < 1.29 is 9.53 Å². The summed E-state index contributed by atoms with van der Waals surface area (Å²) < 4.78 is 5.00. The average Bonchev–Trinajstić information content (AvgIpc) is 3.18. The molecule has 0 amide bonds. The first-order chi connectivity index (χ1) is 9.35. The highest BCUT2D eigenvalue weighted by Gasteiger charge is 2.39. The van der Waals surface area contributed by atoms with Gasteiger partial charge in [-0.2, -0.15) is 0 Å². The van der Waals surface area contributed by atoms with E-state index in [2.05, 4.69) is 24.1 Å². The van der Waals surface area contributed by atoms with Gasteiger partial charge in [-0.05, 0) is 51.0 Å². The van der Waals surface area contributed by atoms with E-state index >= 15 is 0 Å². The van der Waals surface area contributed by atoms with Crippen LogP contribution < -0.4 is 5.32 Å². The highest BCUT2D eigenvalue weighted by Crippen LogP contribution is 2.30. The molecule has 1 saturated heterocycles. The van der Waals surface area contributed by atoms with Crippen LogP contribution >= 0.6 is 0 Å². The van der Waals surface area contributed by atoms with Gasteiger partial charge in [0.05, 0.1) is 7.11 Å². The van der Waals surface area contributed by atoms with Gasteiger partial charge >= 0.3 is 5.97 Å². The third-order valence-electron chi connectivity index (χ3n) is 4.64. The third-order valence-corrected chi connectivity index (χ3v) is 4.64. The Hall–Kier alpha value is -0.610. The Morgan fingerprint density at radius 1 is 1.45 bits per heavy atom. The molecule has 1 N–H and O–H groups in total. The van der Waals surface area contributed by atoms with Crippen LogP contribution in [0.2, 0.25) is 0 Å². The van der Waals surface area contributed by atoms with Crippen LogP contribution in [0.5, 0.6) is 0 Å². The molecule has 1 unspecified atom stereocenters. The first kappa shape index (κ1) is 15.8. The van der Waals surface area contributed by atoms with E-state index < -0.39 is 5.54 Å². The van der Waals surface area contributed by atoms with Crippen molar-refractivity contribution in [3.8, 4) is 0 Å². The molecule has 1 heterocycles. The van der Waals surface area contributed by atoms with Crippen molar-refractivity contribution in [1.29, 1.82) is 0 Å². The van der Waals surface area contributed by atoms with Gasteiger partial charge in [-0.3, -0.25) is 10.1 Å². The molecule has 20 heavy (non-hydrogen) atoms. The van der Waals surface area contributed by atoms with E-state index in [1.807, 2.05) is 6.92 Å². The highest BCUT2D eigenvalue weighted by molar-refractivity contribution is 5.80. The summed E-state index contributed by atoms with van der Waals surface area (Å²) in [5, 5.41) is 3.48. The molecule has 0 radical (unpaired) electrons. The largest absolute Gasteiger partial charge is 0.468 e. The molecule has 0 aromatic rings. The van der Waals surface area contributed by atoms with Crippen LogP contribution in [0.25, 0.3) is 0 Å². The Balaban J connectivity index is 1.89. The fourth-order valence-corrected chi connectivity index (χ4v) is 3.25. The molecular formula is C16H30N2O2. The second-order valence-electron chi connectivity index (χ2n) is 7.54. The summed E-state index contributed by atoms with van der Waals surface area (Å²) in [7, 11) is 1.49. The van der Waals surface area contributed by atoms with Gasteiger partial charge in [-0.25, -0.2) is 0 Å². The fraction of sp³-hybridized carbons (Fsp3) is 0.938. The Morgan fingerprint density at radius 2 is 2.15 bits per heavy atom. The normalized spacial score (nSPS) is 26.0. The maximum atomic E-state index is 12.1. The zero-order valence-electron chi connectivity index (χ0n) is 13.5. The fourth-order valence-electron chi connectivity index (χ4n) is 3.25.